The van der Waals surface area contributed by atoms with Gasteiger partial charge >= 0.3 is 11.5 Å². The summed E-state index contributed by atoms with van der Waals surface area (Å²) >= 11 is 0. The first-order valence-electron chi connectivity index (χ1n) is 9.25. The van der Waals surface area contributed by atoms with Crippen LogP contribution in [0.2, 0.25) is 0 Å². The van der Waals surface area contributed by atoms with Crippen molar-refractivity contribution in [2.75, 3.05) is 0 Å². The van der Waals surface area contributed by atoms with Crippen molar-refractivity contribution in [2.24, 2.45) is 0 Å². The minimum absolute atomic E-state index is 0.160. The predicted octanol–water partition coefficient (Wildman–Crippen LogP) is 3.49. The van der Waals surface area contributed by atoms with Gasteiger partial charge in [0.1, 0.15) is 0 Å². The second kappa shape index (κ2) is 6.46. The summed E-state index contributed by atoms with van der Waals surface area (Å²) in [7, 11) is 0. The normalized spacial score (nSPS) is 11.3. The topological polar surface area (TPSA) is 53.4 Å². The molecule has 0 aliphatic heterocycles. The summed E-state index contributed by atoms with van der Waals surface area (Å²) < 4.78 is 3.25. The molecule has 0 radical (unpaired) electrons. The lowest BCUT2D eigenvalue weighted by atomic mass is 10.1. The molecule has 5 nitrogen and oxygen atoms in total. The van der Waals surface area contributed by atoms with Gasteiger partial charge in [-0.1, -0.05) is 60.2 Å². The second-order valence-electron chi connectivity index (χ2n) is 6.97. The molecule has 0 unspecified atom stereocenters. The molecule has 3 aromatic carbocycles. The van der Waals surface area contributed by atoms with Gasteiger partial charge in [0.2, 0.25) is 0 Å². The Bertz CT molecular complexity index is 1350. The Kier molecular flexibility index (Phi) is 3.79. The molecule has 5 rings (SSSR count). The summed E-state index contributed by atoms with van der Waals surface area (Å²) in [5.74, 6) is 0.680. The van der Waals surface area contributed by atoms with Crippen molar-refractivity contribution in [3.63, 3.8) is 0 Å². The molecule has 5 aromatic rings. The fourth-order valence-corrected chi connectivity index (χ4v) is 3.55. The molecule has 0 saturated heterocycles. The maximum Gasteiger partial charge on any atom is 0.423 e. The van der Waals surface area contributed by atoms with Crippen LogP contribution in [-0.2, 0) is 6.54 Å². The van der Waals surface area contributed by atoms with Crippen molar-refractivity contribution >= 4 is 16.6 Å². The van der Waals surface area contributed by atoms with E-state index in [0.29, 0.717) is 18.0 Å². The number of nitrogens with zero attached hydrogens (tertiary/aromatic N) is 3. The summed E-state index contributed by atoms with van der Waals surface area (Å²) in [5, 5.41) is 5.55. The summed E-state index contributed by atoms with van der Waals surface area (Å²) in [6.07, 6.45) is 0. The van der Waals surface area contributed by atoms with Gasteiger partial charge in [0, 0.05) is 0 Å². The molecule has 136 valence electrons. The molecule has 0 spiro atoms. The zero-order valence-electron chi connectivity index (χ0n) is 15.5. The smallest absolute Gasteiger partial charge is 0.273 e. The summed E-state index contributed by atoms with van der Waals surface area (Å²) in [6.45, 7) is 2.54. The Labute approximate surface area is 161 Å². The lowest BCUT2D eigenvalue weighted by molar-refractivity contribution is -0.331. The number of fused-ring (bicyclic) bond motifs is 3. The van der Waals surface area contributed by atoms with Crippen LogP contribution in [-0.4, -0.2) is 14.2 Å². The fraction of sp³-hybridized carbons (Fsp3) is 0.0870. The molecule has 0 bridgehead atoms. The van der Waals surface area contributed by atoms with Crippen LogP contribution in [0.3, 0.4) is 0 Å². The molecule has 1 N–H and O–H groups in total. The van der Waals surface area contributed by atoms with E-state index in [1.807, 2.05) is 85.8 Å². The van der Waals surface area contributed by atoms with Gasteiger partial charge in [-0.3, -0.25) is 4.57 Å². The average Bonchev–Trinajstić information content (AvgIpc) is 3.18. The lowest BCUT2D eigenvalue weighted by Gasteiger charge is -2.08. The largest absolute Gasteiger partial charge is 0.423 e. The Balaban J connectivity index is 1.77. The van der Waals surface area contributed by atoms with Crippen LogP contribution in [0.1, 0.15) is 11.1 Å². The van der Waals surface area contributed by atoms with E-state index in [4.69, 9.17) is 0 Å². The Hall–Kier alpha value is -3.73. The number of H-pyrrole nitrogens is 1. The van der Waals surface area contributed by atoms with Crippen molar-refractivity contribution in [2.45, 2.75) is 13.5 Å². The number of benzene rings is 3. The maximum atomic E-state index is 13.3. The van der Waals surface area contributed by atoms with Crippen LogP contribution < -0.4 is 10.7 Å². The van der Waals surface area contributed by atoms with E-state index >= 15 is 0 Å². The molecule has 0 aliphatic rings. The van der Waals surface area contributed by atoms with Crippen molar-refractivity contribution in [1.82, 2.24) is 14.2 Å². The first kappa shape index (κ1) is 16.4. The molecular formula is C23H19N4O+. The minimum atomic E-state index is -0.160. The predicted molar refractivity (Wildman–Crippen MR) is 109 cm³/mol. The van der Waals surface area contributed by atoms with Crippen molar-refractivity contribution in [3.8, 4) is 11.4 Å². The van der Waals surface area contributed by atoms with Crippen LogP contribution in [0.25, 0.3) is 27.9 Å². The number of rotatable bonds is 3. The molecular weight excluding hydrogens is 348 g/mol. The third kappa shape index (κ3) is 2.68. The molecule has 5 heteroatoms. The van der Waals surface area contributed by atoms with E-state index in [1.165, 1.54) is 10.1 Å². The number of aromatic nitrogens is 4. The highest BCUT2D eigenvalue weighted by Gasteiger charge is 2.22. The van der Waals surface area contributed by atoms with Crippen molar-refractivity contribution in [1.29, 1.82) is 0 Å². The zero-order valence-corrected chi connectivity index (χ0v) is 15.5. The van der Waals surface area contributed by atoms with Crippen LogP contribution in [0.5, 0.6) is 0 Å². The van der Waals surface area contributed by atoms with Gasteiger partial charge in [-0.15, -0.1) is 0 Å². The first-order chi connectivity index (χ1) is 13.7. The van der Waals surface area contributed by atoms with Gasteiger partial charge in [0.25, 0.3) is 5.65 Å². The lowest BCUT2D eigenvalue weighted by Crippen LogP contribution is -2.29. The molecule has 0 atom stereocenters. The van der Waals surface area contributed by atoms with Gasteiger partial charge in [-0.2, -0.15) is 0 Å². The second-order valence-corrected chi connectivity index (χ2v) is 6.97. The number of aryl methyl sites for hydroxylation is 1. The highest BCUT2D eigenvalue weighted by Crippen LogP contribution is 2.19. The molecule has 0 fully saturated rings. The van der Waals surface area contributed by atoms with Gasteiger partial charge in [0.15, 0.2) is 0 Å². The number of aromatic amines is 1. The highest BCUT2D eigenvalue weighted by atomic mass is 16.2. The monoisotopic (exact) mass is 367 g/mol. The number of para-hydroxylation sites is 1. The van der Waals surface area contributed by atoms with Gasteiger partial charge < -0.3 is 0 Å². The molecule has 2 aromatic heterocycles. The number of nitrogens with one attached hydrogen (secondary N) is 1. The van der Waals surface area contributed by atoms with E-state index in [2.05, 4.69) is 10.1 Å². The minimum Gasteiger partial charge on any atom is -0.273 e. The van der Waals surface area contributed by atoms with Gasteiger partial charge in [-0.05, 0) is 41.3 Å². The van der Waals surface area contributed by atoms with Crippen LogP contribution in [0.15, 0.2) is 83.7 Å². The van der Waals surface area contributed by atoms with E-state index in [1.54, 1.807) is 4.57 Å². The average molecular weight is 367 g/mol. The molecule has 0 amide bonds. The third-order valence-electron chi connectivity index (χ3n) is 5.02. The Morgan fingerprint density at radius 1 is 0.893 bits per heavy atom. The molecule has 0 saturated carbocycles. The van der Waals surface area contributed by atoms with Crippen molar-refractivity contribution in [3.05, 3.63) is 100 Å². The summed E-state index contributed by atoms with van der Waals surface area (Å²) in [4.78, 5) is 16.6. The third-order valence-corrected chi connectivity index (χ3v) is 5.02. The van der Waals surface area contributed by atoms with Crippen LogP contribution in [0, 0.1) is 6.92 Å². The SMILES string of the molecule is Cc1ccc(-c2nn3c(=O)n(Cc4ccccc4)c4ccccc4c3[nH+]2)cc1. The van der Waals surface area contributed by atoms with Crippen LogP contribution >= 0.6 is 0 Å². The van der Waals surface area contributed by atoms with Crippen LogP contribution in [0.4, 0.5) is 0 Å². The van der Waals surface area contributed by atoms with E-state index in [9.17, 15) is 4.79 Å². The number of hydrogen-bond donors (Lipinski definition) is 0. The zero-order chi connectivity index (χ0) is 19.1. The van der Waals surface area contributed by atoms with Gasteiger partial charge in [0.05, 0.1) is 28.1 Å². The highest BCUT2D eigenvalue weighted by molar-refractivity contribution is 5.90. The van der Waals surface area contributed by atoms with E-state index in [-0.39, 0.29) is 5.69 Å². The molecule has 2 heterocycles. The summed E-state index contributed by atoms with van der Waals surface area (Å²) in [6, 6.07) is 26.0. The Morgan fingerprint density at radius 3 is 2.39 bits per heavy atom. The Morgan fingerprint density at radius 2 is 1.61 bits per heavy atom. The first-order valence-corrected chi connectivity index (χ1v) is 9.25. The number of hydrogen-bond acceptors (Lipinski definition) is 2. The van der Waals surface area contributed by atoms with E-state index < -0.39 is 0 Å². The van der Waals surface area contributed by atoms with Gasteiger partial charge in [-0.25, -0.2) is 9.78 Å². The standard InChI is InChI=1S/C23H18N4O/c1-16-11-13-18(14-12-16)21-24-22-19-9-5-6-10-20(19)26(23(28)27(22)25-21)15-17-7-3-2-4-8-17/h2-14H,15H2,1H3/p+1. The molecule has 0 aliphatic carbocycles. The fourth-order valence-electron chi connectivity index (χ4n) is 3.55. The van der Waals surface area contributed by atoms with Crippen molar-refractivity contribution < 1.29 is 4.98 Å². The van der Waals surface area contributed by atoms with E-state index in [0.717, 1.165) is 22.0 Å². The summed E-state index contributed by atoms with van der Waals surface area (Å²) in [5.41, 5.74) is 4.64. The molecule has 28 heavy (non-hydrogen) atoms. The maximum absolute atomic E-state index is 13.3. The quantitative estimate of drug-likeness (QED) is 0.490.